The van der Waals surface area contributed by atoms with E-state index >= 15 is 0 Å². The van der Waals surface area contributed by atoms with Crippen LogP contribution in [0.1, 0.15) is 25.2 Å². The molecule has 1 aromatic heterocycles. The molecule has 1 amide bonds. The van der Waals surface area contributed by atoms with Crippen LogP contribution >= 0.6 is 23.2 Å². The van der Waals surface area contributed by atoms with Crippen LogP contribution in [-0.2, 0) is 11.2 Å². The topological polar surface area (TPSA) is 58.4 Å². The summed E-state index contributed by atoms with van der Waals surface area (Å²) in [5, 5.41) is 4.30. The van der Waals surface area contributed by atoms with Crippen LogP contribution in [0.2, 0.25) is 10.0 Å². The van der Waals surface area contributed by atoms with E-state index in [0.717, 1.165) is 38.0 Å². The van der Waals surface area contributed by atoms with Gasteiger partial charge in [-0.05, 0) is 50.6 Å². The summed E-state index contributed by atoms with van der Waals surface area (Å²) < 4.78 is 5.76. The Balaban J connectivity index is 1.53. The number of piperidine rings is 1. The zero-order valence-electron chi connectivity index (χ0n) is 14.8. The molecule has 1 fully saturated rings. The van der Waals surface area contributed by atoms with Crippen LogP contribution in [0.5, 0.6) is 0 Å². The number of nitrogens with one attached hydrogen (secondary N) is 1. The molecule has 1 aromatic carbocycles. The number of carbonyl (C=O) groups is 1. The molecule has 0 atom stereocenters. The molecular weight excluding hydrogens is 373 g/mol. The first-order chi connectivity index (χ1) is 12.6. The van der Waals surface area contributed by atoms with Gasteiger partial charge in [0.1, 0.15) is 0 Å². The van der Waals surface area contributed by atoms with Gasteiger partial charge in [0.25, 0.3) is 0 Å². The van der Waals surface area contributed by atoms with Crippen molar-refractivity contribution in [2.75, 3.05) is 26.7 Å². The first-order valence-corrected chi connectivity index (χ1v) is 9.65. The number of rotatable bonds is 6. The number of benzene rings is 1. The van der Waals surface area contributed by atoms with Crippen LogP contribution in [0.25, 0.3) is 11.3 Å². The minimum atomic E-state index is 0.164. The molecule has 0 bridgehead atoms. The van der Waals surface area contributed by atoms with E-state index in [1.807, 2.05) is 11.9 Å². The largest absolute Gasteiger partial charge is 0.441 e. The van der Waals surface area contributed by atoms with Gasteiger partial charge in [0.05, 0.1) is 11.2 Å². The first kappa shape index (κ1) is 19.2. The summed E-state index contributed by atoms with van der Waals surface area (Å²) in [6.07, 6.45) is 4.65. The number of nitrogens with zero attached hydrogens (tertiary/aromatic N) is 2. The standard InChI is InChI=1S/C19H23Cl2N3O2/c1-22-11-13-6-8-24(9-7-13)19(25)5-4-18-23-12-17(26-18)15-3-2-14(20)10-16(15)21/h2-3,10,12-13,22H,4-9,11H2,1H3. The predicted molar refractivity (Wildman–Crippen MR) is 104 cm³/mol. The first-order valence-electron chi connectivity index (χ1n) is 8.89. The molecule has 1 aliphatic heterocycles. The average Bonchev–Trinajstić information content (AvgIpc) is 3.09. The minimum Gasteiger partial charge on any atom is -0.441 e. The molecule has 2 heterocycles. The molecule has 0 spiro atoms. The Labute approximate surface area is 163 Å². The third-order valence-electron chi connectivity index (χ3n) is 4.76. The number of hydrogen-bond donors (Lipinski definition) is 1. The number of likely N-dealkylation sites (tertiary alicyclic amines) is 1. The highest BCUT2D eigenvalue weighted by atomic mass is 35.5. The zero-order chi connectivity index (χ0) is 18.5. The van der Waals surface area contributed by atoms with Gasteiger partial charge in [-0.15, -0.1) is 0 Å². The number of amides is 1. The Morgan fingerprint density at radius 3 is 2.81 bits per heavy atom. The molecule has 3 rings (SSSR count). The Kier molecular flexibility index (Phi) is 6.57. The quantitative estimate of drug-likeness (QED) is 0.801. The summed E-state index contributed by atoms with van der Waals surface area (Å²) >= 11 is 12.1. The normalized spacial score (nSPS) is 15.4. The number of halogens is 2. The SMILES string of the molecule is CNCC1CCN(C(=O)CCc2ncc(-c3ccc(Cl)cc3Cl)o2)CC1. The van der Waals surface area contributed by atoms with Gasteiger partial charge in [-0.2, -0.15) is 0 Å². The van der Waals surface area contributed by atoms with Gasteiger partial charge in [-0.25, -0.2) is 4.98 Å². The highest BCUT2D eigenvalue weighted by Crippen LogP contribution is 2.31. The van der Waals surface area contributed by atoms with Crippen molar-refractivity contribution in [2.24, 2.45) is 5.92 Å². The van der Waals surface area contributed by atoms with Crippen molar-refractivity contribution in [1.82, 2.24) is 15.2 Å². The molecule has 140 valence electrons. The zero-order valence-corrected chi connectivity index (χ0v) is 16.3. The van der Waals surface area contributed by atoms with E-state index in [0.29, 0.717) is 40.5 Å². The fourth-order valence-electron chi connectivity index (χ4n) is 3.29. The number of hydrogen-bond acceptors (Lipinski definition) is 4. The van der Waals surface area contributed by atoms with Crippen molar-refractivity contribution in [3.63, 3.8) is 0 Å². The fraction of sp³-hybridized carbons (Fsp3) is 0.474. The van der Waals surface area contributed by atoms with Gasteiger partial charge >= 0.3 is 0 Å². The fourth-order valence-corrected chi connectivity index (χ4v) is 3.79. The van der Waals surface area contributed by atoms with Crippen molar-refractivity contribution < 1.29 is 9.21 Å². The highest BCUT2D eigenvalue weighted by Gasteiger charge is 2.22. The van der Waals surface area contributed by atoms with Gasteiger partial charge in [0.15, 0.2) is 11.7 Å². The van der Waals surface area contributed by atoms with E-state index < -0.39 is 0 Å². The summed E-state index contributed by atoms with van der Waals surface area (Å²) in [7, 11) is 1.97. The van der Waals surface area contributed by atoms with Crippen molar-refractivity contribution >= 4 is 29.1 Å². The van der Waals surface area contributed by atoms with E-state index in [4.69, 9.17) is 27.6 Å². The van der Waals surface area contributed by atoms with Gasteiger partial charge in [-0.1, -0.05) is 23.2 Å². The molecule has 7 heteroatoms. The summed E-state index contributed by atoms with van der Waals surface area (Å²) in [6, 6.07) is 5.23. The van der Waals surface area contributed by atoms with E-state index in [-0.39, 0.29) is 5.91 Å². The van der Waals surface area contributed by atoms with Gasteiger partial charge < -0.3 is 14.6 Å². The summed E-state index contributed by atoms with van der Waals surface area (Å²) in [6.45, 7) is 2.69. The number of oxazole rings is 1. The van der Waals surface area contributed by atoms with Crippen LogP contribution in [0.4, 0.5) is 0 Å². The molecule has 1 saturated heterocycles. The second kappa shape index (κ2) is 8.89. The van der Waals surface area contributed by atoms with E-state index in [1.165, 1.54) is 0 Å². The third-order valence-corrected chi connectivity index (χ3v) is 5.31. The van der Waals surface area contributed by atoms with Crippen LogP contribution < -0.4 is 5.32 Å². The molecule has 0 radical (unpaired) electrons. The summed E-state index contributed by atoms with van der Waals surface area (Å²) in [4.78, 5) is 18.6. The monoisotopic (exact) mass is 395 g/mol. The van der Waals surface area contributed by atoms with Crippen molar-refractivity contribution in [3.05, 3.63) is 40.3 Å². The molecule has 5 nitrogen and oxygen atoms in total. The predicted octanol–water partition coefficient (Wildman–Crippen LogP) is 4.04. The summed E-state index contributed by atoms with van der Waals surface area (Å²) in [5.74, 6) is 1.96. The minimum absolute atomic E-state index is 0.164. The maximum atomic E-state index is 12.4. The van der Waals surface area contributed by atoms with E-state index in [1.54, 1.807) is 24.4 Å². The van der Waals surface area contributed by atoms with Crippen LogP contribution in [0, 0.1) is 5.92 Å². The molecule has 1 N–H and O–H groups in total. The average molecular weight is 396 g/mol. The highest BCUT2D eigenvalue weighted by molar-refractivity contribution is 6.36. The number of aromatic nitrogens is 1. The maximum absolute atomic E-state index is 12.4. The second-order valence-corrected chi connectivity index (χ2v) is 7.47. The molecule has 26 heavy (non-hydrogen) atoms. The van der Waals surface area contributed by atoms with Gasteiger partial charge in [0.2, 0.25) is 5.91 Å². The number of carbonyl (C=O) groups excluding carboxylic acids is 1. The third kappa shape index (κ3) is 4.78. The van der Waals surface area contributed by atoms with Crippen molar-refractivity contribution in [3.8, 4) is 11.3 Å². The van der Waals surface area contributed by atoms with Crippen LogP contribution in [0.15, 0.2) is 28.8 Å². The molecule has 2 aromatic rings. The lowest BCUT2D eigenvalue weighted by Gasteiger charge is -2.32. The number of aryl methyl sites for hydroxylation is 1. The lowest BCUT2D eigenvalue weighted by molar-refractivity contribution is -0.132. The Hall–Kier alpha value is -1.56. The summed E-state index contributed by atoms with van der Waals surface area (Å²) in [5.41, 5.74) is 0.743. The molecule has 0 unspecified atom stereocenters. The Morgan fingerprint density at radius 1 is 1.35 bits per heavy atom. The van der Waals surface area contributed by atoms with E-state index in [2.05, 4.69) is 10.3 Å². The lowest BCUT2D eigenvalue weighted by Crippen LogP contribution is -2.40. The molecule has 1 aliphatic rings. The van der Waals surface area contributed by atoms with Crippen LogP contribution in [-0.4, -0.2) is 42.5 Å². The van der Waals surface area contributed by atoms with Gasteiger partial charge in [0, 0.05) is 36.5 Å². The Bertz CT molecular complexity index is 755. The van der Waals surface area contributed by atoms with Crippen LogP contribution in [0.3, 0.4) is 0 Å². The molecule has 0 saturated carbocycles. The second-order valence-electron chi connectivity index (χ2n) is 6.62. The lowest BCUT2D eigenvalue weighted by atomic mass is 9.96. The smallest absolute Gasteiger partial charge is 0.223 e. The maximum Gasteiger partial charge on any atom is 0.223 e. The van der Waals surface area contributed by atoms with Crippen molar-refractivity contribution in [1.29, 1.82) is 0 Å². The molecular formula is C19H23Cl2N3O2. The molecule has 0 aliphatic carbocycles. The Morgan fingerprint density at radius 2 is 2.12 bits per heavy atom. The van der Waals surface area contributed by atoms with Gasteiger partial charge in [-0.3, -0.25) is 4.79 Å². The van der Waals surface area contributed by atoms with Crippen molar-refractivity contribution in [2.45, 2.75) is 25.7 Å². The van der Waals surface area contributed by atoms with E-state index in [9.17, 15) is 4.79 Å².